The van der Waals surface area contributed by atoms with Gasteiger partial charge in [-0.1, -0.05) is 24.3 Å². The standard InChI is InChI=1S/C17H18FNO2/c1-13-8-9-15(16(18)12-13)17(20)19-10-5-11-21-14-6-3-2-4-7-14/h2-4,6-9,12H,5,10-11H2,1H3,(H,19,20). The van der Waals surface area contributed by atoms with E-state index < -0.39 is 11.7 Å². The number of halogens is 1. The number of benzene rings is 2. The molecule has 0 aliphatic carbocycles. The molecule has 3 nitrogen and oxygen atoms in total. The third kappa shape index (κ3) is 4.60. The molecule has 4 heteroatoms. The summed E-state index contributed by atoms with van der Waals surface area (Å²) in [4.78, 5) is 11.8. The lowest BCUT2D eigenvalue weighted by Gasteiger charge is -2.08. The van der Waals surface area contributed by atoms with E-state index in [1.807, 2.05) is 30.3 Å². The minimum absolute atomic E-state index is 0.0737. The fraction of sp³-hybridized carbons (Fsp3) is 0.235. The highest BCUT2D eigenvalue weighted by Gasteiger charge is 2.10. The van der Waals surface area contributed by atoms with Gasteiger partial charge in [0.05, 0.1) is 12.2 Å². The SMILES string of the molecule is Cc1ccc(C(=O)NCCCOc2ccccc2)c(F)c1. The Kier molecular flexibility index (Phi) is 5.32. The summed E-state index contributed by atoms with van der Waals surface area (Å²) in [5, 5.41) is 2.69. The zero-order valence-electron chi connectivity index (χ0n) is 11.9. The Labute approximate surface area is 123 Å². The van der Waals surface area contributed by atoms with Crippen molar-refractivity contribution in [3.63, 3.8) is 0 Å². The maximum atomic E-state index is 13.6. The molecule has 0 spiro atoms. The van der Waals surface area contributed by atoms with Gasteiger partial charge in [-0.2, -0.15) is 0 Å². The molecule has 1 N–H and O–H groups in total. The molecule has 2 rings (SSSR count). The third-order valence-electron chi connectivity index (χ3n) is 2.99. The summed E-state index contributed by atoms with van der Waals surface area (Å²) in [5.74, 6) is -0.0892. The van der Waals surface area contributed by atoms with Crippen LogP contribution < -0.4 is 10.1 Å². The molecule has 0 heterocycles. The van der Waals surface area contributed by atoms with Crippen LogP contribution in [0.15, 0.2) is 48.5 Å². The first-order valence-corrected chi connectivity index (χ1v) is 6.89. The van der Waals surface area contributed by atoms with Gasteiger partial charge < -0.3 is 10.1 Å². The van der Waals surface area contributed by atoms with Gasteiger partial charge in [-0.3, -0.25) is 4.79 Å². The Hall–Kier alpha value is -2.36. The van der Waals surface area contributed by atoms with E-state index in [2.05, 4.69) is 5.32 Å². The predicted octanol–water partition coefficient (Wildman–Crippen LogP) is 3.33. The van der Waals surface area contributed by atoms with Crippen molar-refractivity contribution in [1.29, 1.82) is 0 Å². The molecule has 2 aromatic rings. The van der Waals surface area contributed by atoms with Gasteiger partial charge in [0.25, 0.3) is 5.91 Å². The number of amides is 1. The maximum absolute atomic E-state index is 13.6. The summed E-state index contributed by atoms with van der Waals surface area (Å²) in [7, 11) is 0. The van der Waals surface area contributed by atoms with Crippen LogP contribution in [0.4, 0.5) is 4.39 Å². The number of hydrogen-bond donors (Lipinski definition) is 1. The lowest BCUT2D eigenvalue weighted by atomic mass is 10.1. The zero-order valence-corrected chi connectivity index (χ0v) is 11.9. The second kappa shape index (κ2) is 7.43. The highest BCUT2D eigenvalue weighted by molar-refractivity contribution is 5.94. The topological polar surface area (TPSA) is 38.3 Å². The van der Waals surface area contributed by atoms with Gasteiger partial charge in [0, 0.05) is 6.54 Å². The number of carbonyl (C=O) groups excluding carboxylic acids is 1. The highest BCUT2D eigenvalue weighted by Crippen LogP contribution is 2.10. The summed E-state index contributed by atoms with van der Waals surface area (Å²) >= 11 is 0. The summed E-state index contributed by atoms with van der Waals surface area (Å²) in [6, 6.07) is 14.0. The van der Waals surface area contributed by atoms with E-state index in [4.69, 9.17) is 4.74 Å². The van der Waals surface area contributed by atoms with E-state index in [0.717, 1.165) is 11.3 Å². The van der Waals surface area contributed by atoms with E-state index in [0.29, 0.717) is 19.6 Å². The van der Waals surface area contributed by atoms with Crippen molar-refractivity contribution in [3.8, 4) is 5.75 Å². The lowest BCUT2D eigenvalue weighted by molar-refractivity contribution is 0.0947. The van der Waals surface area contributed by atoms with Gasteiger partial charge >= 0.3 is 0 Å². The van der Waals surface area contributed by atoms with Crippen molar-refractivity contribution in [3.05, 3.63) is 65.5 Å². The number of ether oxygens (including phenoxy) is 1. The first-order valence-electron chi connectivity index (χ1n) is 6.89. The van der Waals surface area contributed by atoms with Crippen molar-refractivity contribution < 1.29 is 13.9 Å². The molecular weight excluding hydrogens is 269 g/mol. The van der Waals surface area contributed by atoms with E-state index in [9.17, 15) is 9.18 Å². The molecule has 1 amide bonds. The minimum atomic E-state index is -0.493. The van der Waals surface area contributed by atoms with E-state index >= 15 is 0 Å². The summed E-state index contributed by atoms with van der Waals surface area (Å²) < 4.78 is 19.1. The fourth-order valence-electron chi connectivity index (χ4n) is 1.88. The molecule has 21 heavy (non-hydrogen) atoms. The first kappa shape index (κ1) is 15.0. The van der Waals surface area contributed by atoms with Crippen molar-refractivity contribution in [2.45, 2.75) is 13.3 Å². The van der Waals surface area contributed by atoms with Crippen LogP contribution in [0, 0.1) is 12.7 Å². The lowest BCUT2D eigenvalue weighted by Crippen LogP contribution is -2.26. The van der Waals surface area contributed by atoms with Crippen LogP contribution in [0.5, 0.6) is 5.75 Å². The maximum Gasteiger partial charge on any atom is 0.254 e. The second-order valence-electron chi connectivity index (χ2n) is 4.75. The number of aryl methyl sites for hydroxylation is 1. The van der Waals surface area contributed by atoms with Crippen LogP contribution in [0.25, 0.3) is 0 Å². The first-order chi connectivity index (χ1) is 10.2. The molecule has 0 aromatic heterocycles. The van der Waals surface area contributed by atoms with Gasteiger partial charge in [0.1, 0.15) is 11.6 Å². The number of rotatable bonds is 6. The largest absolute Gasteiger partial charge is 0.494 e. The average Bonchev–Trinajstić information content (AvgIpc) is 2.47. The van der Waals surface area contributed by atoms with E-state index in [-0.39, 0.29) is 5.56 Å². The Bertz CT molecular complexity index is 599. The quantitative estimate of drug-likeness (QED) is 0.828. The van der Waals surface area contributed by atoms with Gasteiger partial charge in [0.15, 0.2) is 0 Å². The molecule has 0 atom stereocenters. The van der Waals surface area contributed by atoms with Crippen LogP contribution in [0.3, 0.4) is 0 Å². The minimum Gasteiger partial charge on any atom is -0.494 e. The van der Waals surface area contributed by atoms with Crippen LogP contribution >= 0.6 is 0 Å². The molecule has 0 bridgehead atoms. The summed E-state index contributed by atoms with van der Waals surface area (Å²) in [6.45, 7) is 2.73. The van der Waals surface area contributed by atoms with Crippen LogP contribution in [0.1, 0.15) is 22.3 Å². The molecule has 0 saturated heterocycles. The van der Waals surface area contributed by atoms with Gasteiger partial charge in [0.2, 0.25) is 0 Å². The fourth-order valence-corrected chi connectivity index (χ4v) is 1.88. The molecule has 0 saturated carbocycles. The Balaban J connectivity index is 1.72. The molecule has 0 fully saturated rings. The Morgan fingerprint density at radius 3 is 2.67 bits per heavy atom. The summed E-state index contributed by atoms with van der Waals surface area (Å²) in [6.07, 6.45) is 0.661. The van der Waals surface area contributed by atoms with Crippen LogP contribution in [0.2, 0.25) is 0 Å². The Morgan fingerprint density at radius 2 is 1.95 bits per heavy atom. The van der Waals surface area contributed by atoms with Crippen molar-refractivity contribution in [1.82, 2.24) is 5.32 Å². The van der Waals surface area contributed by atoms with Crippen LogP contribution in [-0.4, -0.2) is 19.1 Å². The van der Waals surface area contributed by atoms with Crippen molar-refractivity contribution in [2.75, 3.05) is 13.2 Å². The van der Waals surface area contributed by atoms with E-state index in [1.165, 1.54) is 12.1 Å². The normalized spacial score (nSPS) is 10.2. The smallest absolute Gasteiger partial charge is 0.254 e. The van der Waals surface area contributed by atoms with E-state index in [1.54, 1.807) is 13.0 Å². The number of carbonyl (C=O) groups is 1. The van der Waals surface area contributed by atoms with Crippen molar-refractivity contribution >= 4 is 5.91 Å². The molecule has 0 aliphatic heterocycles. The third-order valence-corrected chi connectivity index (χ3v) is 2.99. The number of para-hydroxylation sites is 1. The van der Waals surface area contributed by atoms with Gasteiger partial charge in [-0.05, 0) is 43.2 Å². The molecule has 0 unspecified atom stereocenters. The summed E-state index contributed by atoms with van der Waals surface area (Å²) in [5.41, 5.74) is 0.866. The van der Waals surface area contributed by atoms with Gasteiger partial charge in [-0.25, -0.2) is 4.39 Å². The zero-order chi connectivity index (χ0) is 15.1. The molecule has 2 aromatic carbocycles. The van der Waals surface area contributed by atoms with Crippen molar-refractivity contribution in [2.24, 2.45) is 0 Å². The average molecular weight is 287 g/mol. The molecular formula is C17H18FNO2. The van der Waals surface area contributed by atoms with Gasteiger partial charge in [-0.15, -0.1) is 0 Å². The second-order valence-corrected chi connectivity index (χ2v) is 4.75. The molecule has 0 radical (unpaired) electrons. The highest BCUT2D eigenvalue weighted by atomic mass is 19.1. The Morgan fingerprint density at radius 1 is 1.19 bits per heavy atom. The molecule has 0 aliphatic rings. The number of nitrogens with one attached hydrogen (secondary N) is 1. The monoisotopic (exact) mass is 287 g/mol. The number of hydrogen-bond acceptors (Lipinski definition) is 2. The predicted molar refractivity (Wildman–Crippen MR) is 80.0 cm³/mol. The molecule has 110 valence electrons. The van der Waals surface area contributed by atoms with Crippen LogP contribution in [-0.2, 0) is 0 Å².